The van der Waals surface area contributed by atoms with Crippen LogP contribution in [0.15, 0.2) is 284 Å². The average molecular weight is 1790 g/mol. The lowest BCUT2D eigenvalue weighted by Crippen LogP contribution is -2.36. The number of pyridine rings is 4. The molecule has 1 atom stereocenters. The van der Waals surface area contributed by atoms with Gasteiger partial charge in [-0.3, -0.25) is 0 Å². The van der Waals surface area contributed by atoms with Crippen LogP contribution in [0.2, 0.25) is 0 Å². The fourth-order valence-corrected chi connectivity index (χ4v) is 18.3. The largest absolute Gasteiger partial charge is 0.456 e. The van der Waals surface area contributed by atoms with Crippen LogP contribution in [0.3, 0.4) is 0 Å². The number of fused-ring (bicyclic) bond motifs is 12. The lowest BCUT2D eigenvalue weighted by atomic mass is 9.87. The summed E-state index contributed by atoms with van der Waals surface area (Å²) in [6.45, 7) is 57.1. The molecule has 0 spiro atoms. The molecule has 135 heavy (non-hydrogen) atoms. The Morgan fingerprint density at radius 1 is 0.311 bits per heavy atom. The van der Waals surface area contributed by atoms with E-state index in [-0.39, 0.29) is 70.9 Å². The van der Waals surface area contributed by atoms with Crippen molar-refractivity contribution in [1.82, 2.24) is 0 Å². The topological polar surface area (TPSA) is 85.5 Å². The zero-order valence-corrected chi connectivity index (χ0v) is 79.6. The standard InChI is InChI=1S/C32H31N2O.C31H29N2O.2C30H27N2O/c1-20-13-15-24-25-16-17-26(33-6)29(22-11-9-8-10-12-22)31(25)35-30(24)28(20)27-18-14-23(19-32(3,4)5)21(2)34(27)7;1-19(2)18-23-13-17-27(33(6)21(23)4)28-20(3)12-14-24-25-15-16-26(32-5)29(31(25)34-30(24)28)22-10-8-7-9-11-22;2*1-18(2)22-15-17-26(32(6)20(22)4)27-19(3)12-13-23-24-14-16-25(31-5)28(30(24)33-29(23)27)21-10-8-7-9-11-21/h8-18H,19H2,1-5,7H3;7-17,19H,18H2,1-4,6H3;2*7-18H,1-4,6H3/q4*+1/i14D,18D,19D2;13D,17D,18D2;1D3,15D,17D,18D;15D,17D,18D. The minimum absolute atomic E-state index is 0.00115. The molecule has 0 amide bonds. The molecule has 0 bridgehead atoms. The van der Waals surface area contributed by atoms with Crippen molar-refractivity contribution in [1.29, 1.82) is 0 Å². The number of aryl methyl sites for hydroxylation is 4. The highest BCUT2D eigenvalue weighted by atomic mass is 16.3. The first-order valence-electron chi connectivity index (χ1n) is 53.4. The molecule has 0 fully saturated rings. The van der Waals surface area contributed by atoms with Gasteiger partial charge in [0, 0.05) is 152 Å². The zero-order valence-electron chi connectivity index (χ0n) is 96.6. The Bertz CT molecular complexity index is 8900. The number of benzene rings is 12. The van der Waals surface area contributed by atoms with Crippen LogP contribution in [-0.2, 0) is 40.9 Å². The predicted molar refractivity (Wildman–Crippen MR) is 556 cm³/mol. The number of hydrogen-bond donors (Lipinski definition) is 0. The average Bonchev–Trinajstić information content (AvgIpc) is 1.71. The van der Waals surface area contributed by atoms with Gasteiger partial charge in [0.05, 0.1) is 59.5 Å². The highest BCUT2D eigenvalue weighted by molar-refractivity contribution is 6.19. The summed E-state index contributed by atoms with van der Waals surface area (Å²) in [6.07, 6.45) is -3.57. The number of nitrogens with zero attached hydrogens (tertiary/aromatic N) is 8. The lowest BCUT2D eigenvalue weighted by Gasteiger charge is -2.19. The molecule has 8 aromatic heterocycles. The van der Waals surface area contributed by atoms with Gasteiger partial charge in [-0.05, 0) is 132 Å². The summed E-state index contributed by atoms with van der Waals surface area (Å²) in [5.41, 5.74) is 24.0. The maximum absolute atomic E-state index is 9.09. The zero-order chi connectivity index (χ0) is 110. The fourth-order valence-electron chi connectivity index (χ4n) is 18.3. The van der Waals surface area contributed by atoms with Gasteiger partial charge < -0.3 is 17.7 Å². The van der Waals surface area contributed by atoms with Crippen molar-refractivity contribution in [2.75, 3.05) is 0 Å². The molecule has 1 unspecified atom stereocenters. The van der Waals surface area contributed by atoms with Crippen LogP contribution in [0, 0.1) is 93.0 Å². The summed E-state index contributed by atoms with van der Waals surface area (Å²) in [7, 11) is 7.23. The van der Waals surface area contributed by atoms with Gasteiger partial charge in [0.25, 0.3) is 0 Å². The number of hydrogen-bond acceptors (Lipinski definition) is 4. The van der Waals surface area contributed by atoms with Gasteiger partial charge in [-0.15, -0.1) is 0 Å². The molecular weight excluding hydrogens is 1650 g/mol. The summed E-state index contributed by atoms with van der Waals surface area (Å²) in [4.78, 5) is 15.0. The first-order valence-corrected chi connectivity index (χ1v) is 44.9. The Morgan fingerprint density at radius 2 is 0.548 bits per heavy atom. The van der Waals surface area contributed by atoms with Gasteiger partial charge in [0.2, 0.25) is 22.8 Å². The smallest absolute Gasteiger partial charge is 0.216 e. The highest BCUT2D eigenvalue weighted by Gasteiger charge is 2.33. The van der Waals surface area contributed by atoms with Crippen molar-refractivity contribution in [2.45, 2.75) is 142 Å². The SMILES string of the molecule is [2H]c1c([2H])c(-c2c(C)ccc3c2oc2c(-c4ccccc4)c([N+]#[C-])ccc23)[n+](C)c(C)c1C([2H])(C)C.[2H]c1c([2H])c(-c2c(C)ccc3c2oc2c(-c4ccccc4)c([N+]#[C-])ccc23)[n+](C)c(C)c1C([2H])(C)C([2H])([2H])[2H].[2H]c1c([2H])c(-c2c(C)ccc3c2oc2c(-c4ccccc4)c([N+]#[C-])ccc23)[n+](C)c(C)c1C([2H])([2H])C(C)(C)C.[2H]c1c([2H])c(-c2c(C)ccc3c2oc2c(-c4ccccc4)c([N+]#[C-])ccc23)[n+](C)c(C)c1C([2H])([2H])C(C)C. The summed E-state index contributed by atoms with van der Waals surface area (Å²) < 4.78 is 181. The van der Waals surface area contributed by atoms with Crippen LogP contribution in [0.4, 0.5) is 22.7 Å². The van der Waals surface area contributed by atoms with Crippen LogP contribution >= 0.6 is 0 Å². The second-order valence-electron chi connectivity index (χ2n) is 36.0. The maximum atomic E-state index is 9.09. The molecule has 20 rings (SSSR count). The van der Waals surface area contributed by atoms with Gasteiger partial charge in [-0.25, -0.2) is 19.4 Å². The van der Waals surface area contributed by atoms with Gasteiger partial charge in [0.15, 0.2) is 45.5 Å². The molecule has 12 aromatic carbocycles. The fraction of sp³-hybridized carbons (Fsp3) is 0.220. The molecule has 0 N–H and O–H groups in total. The molecule has 0 saturated carbocycles. The molecule has 0 saturated heterocycles. The van der Waals surface area contributed by atoms with Gasteiger partial charge in [-0.2, -0.15) is 18.3 Å². The van der Waals surface area contributed by atoms with E-state index in [1.807, 2.05) is 309 Å². The van der Waals surface area contributed by atoms with Crippen molar-refractivity contribution in [3.63, 3.8) is 0 Å². The third kappa shape index (κ3) is 16.8. The van der Waals surface area contributed by atoms with E-state index in [0.717, 1.165) is 116 Å². The van der Waals surface area contributed by atoms with Crippen LogP contribution in [0.1, 0.15) is 165 Å². The van der Waals surface area contributed by atoms with E-state index in [1.165, 1.54) is 6.92 Å². The molecule has 20 aromatic rings. The van der Waals surface area contributed by atoms with Gasteiger partial charge in [-0.1, -0.05) is 281 Å². The minimum atomic E-state index is -2.68. The molecule has 0 aliphatic rings. The second kappa shape index (κ2) is 37.2. The summed E-state index contributed by atoms with van der Waals surface area (Å²) in [5.74, 6) is -3.43. The summed E-state index contributed by atoms with van der Waals surface area (Å²) >= 11 is 0. The Kier molecular flexibility index (Phi) is 19.9. The van der Waals surface area contributed by atoms with E-state index < -0.39 is 36.8 Å². The molecule has 0 aliphatic carbocycles. The molecule has 666 valence electrons. The molecule has 0 aliphatic heterocycles. The van der Waals surface area contributed by atoms with Crippen molar-refractivity contribution >= 4 is 111 Å². The molecular formula is C123H114N8O4+4. The quantitative estimate of drug-likeness (QED) is 0.0850. The van der Waals surface area contributed by atoms with Crippen LogP contribution < -0.4 is 18.3 Å². The van der Waals surface area contributed by atoms with Crippen molar-refractivity contribution < 1.29 is 59.2 Å². The van der Waals surface area contributed by atoms with E-state index in [4.69, 9.17) is 67.3 Å². The first kappa shape index (κ1) is 72.1. The third-order valence-corrected chi connectivity index (χ3v) is 25.5. The van der Waals surface area contributed by atoms with Crippen molar-refractivity contribution in [2.24, 2.45) is 39.5 Å². The minimum Gasteiger partial charge on any atom is -0.456 e. The summed E-state index contributed by atoms with van der Waals surface area (Å²) in [6, 6.07) is 68.9. The van der Waals surface area contributed by atoms with Crippen LogP contribution in [-0.4, -0.2) is 0 Å². The normalized spacial score (nSPS) is 14.2. The maximum Gasteiger partial charge on any atom is 0.216 e. The second-order valence-corrected chi connectivity index (χ2v) is 36.0. The Balaban J connectivity index is 0.000000138. The van der Waals surface area contributed by atoms with E-state index >= 15 is 0 Å². The number of furan rings is 4. The third-order valence-electron chi connectivity index (χ3n) is 25.5. The van der Waals surface area contributed by atoms with Crippen molar-refractivity contribution in [3.05, 3.63) is 380 Å². The highest BCUT2D eigenvalue weighted by Crippen LogP contribution is 2.51. The van der Waals surface area contributed by atoms with E-state index in [0.29, 0.717) is 135 Å². The monoisotopic (exact) mass is 1780 g/mol. The van der Waals surface area contributed by atoms with Crippen LogP contribution in [0.5, 0.6) is 0 Å². The summed E-state index contributed by atoms with van der Waals surface area (Å²) in [5, 5.41) is 6.89. The number of aromatic nitrogens is 4. The Morgan fingerprint density at radius 3 is 0.800 bits per heavy atom. The Labute approximate surface area is 816 Å². The van der Waals surface area contributed by atoms with E-state index in [2.05, 4.69) is 19.4 Å². The molecule has 12 heteroatoms. The Hall–Kier alpha value is -15.6. The van der Waals surface area contributed by atoms with E-state index in [1.54, 1.807) is 59.2 Å². The molecule has 8 heterocycles. The molecule has 12 nitrogen and oxygen atoms in total. The molecule has 0 radical (unpaired) electrons. The van der Waals surface area contributed by atoms with E-state index in [9.17, 15) is 0 Å². The lowest BCUT2D eigenvalue weighted by molar-refractivity contribution is -0.667. The van der Waals surface area contributed by atoms with Gasteiger partial charge in [0.1, 0.15) is 72.9 Å². The van der Waals surface area contributed by atoms with Gasteiger partial charge >= 0.3 is 0 Å². The van der Waals surface area contributed by atoms with Crippen LogP contribution in [0.25, 0.3) is 197 Å². The first-order chi connectivity index (χ1) is 71.7. The predicted octanol–water partition coefficient (Wildman–Crippen LogP) is 32.7. The van der Waals surface area contributed by atoms with Crippen molar-refractivity contribution in [3.8, 4) is 89.5 Å². The number of rotatable bonds is 13.